The van der Waals surface area contributed by atoms with Crippen LogP contribution in [0.4, 0.5) is 0 Å². The fourth-order valence-electron chi connectivity index (χ4n) is 0.932. The van der Waals surface area contributed by atoms with Gasteiger partial charge in [0.15, 0.2) is 5.69 Å². The molecule has 0 aliphatic carbocycles. The molecule has 0 atom stereocenters. The molecule has 1 aromatic rings. The molecule has 0 fully saturated rings. The van der Waals surface area contributed by atoms with E-state index in [2.05, 4.69) is 14.9 Å². The molecule has 1 aromatic heterocycles. The minimum absolute atomic E-state index is 0.0803. The minimum atomic E-state index is -0.0803. The molecule has 74 valence electrons. The van der Waals surface area contributed by atoms with Crippen molar-refractivity contribution in [1.82, 2.24) is 10.3 Å². The van der Waals surface area contributed by atoms with Gasteiger partial charge in [-0.15, -0.1) is 0 Å². The van der Waals surface area contributed by atoms with E-state index >= 15 is 0 Å². The summed E-state index contributed by atoms with van der Waals surface area (Å²) in [6, 6.07) is 0. The van der Waals surface area contributed by atoms with Crippen molar-refractivity contribution in [2.45, 2.75) is 39.5 Å². The van der Waals surface area contributed by atoms with Crippen molar-refractivity contribution in [2.24, 2.45) is 0 Å². The first-order valence-corrected chi connectivity index (χ1v) is 4.51. The summed E-state index contributed by atoms with van der Waals surface area (Å²) in [6.45, 7) is 8.84. The van der Waals surface area contributed by atoms with Crippen molar-refractivity contribution in [3.8, 4) is 5.88 Å². The zero-order valence-corrected chi connectivity index (χ0v) is 8.63. The van der Waals surface area contributed by atoms with E-state index in [4.69, 9.17) is 4.74 Å². The molecule has 1 rings (SSSR count). The van der Waals surface area contributed by atoms with Crippen molar-refractivity contribution in [3.05, 3.63) is 5.69 Å². The summed E-state index contributed by atoms with van der Waals surface area (Å²) in [5, 5.41) is 7.54. The van der Waals surface area contributed by atoms with Crippen LogP contribution in [0.1, 0.15) is 39.8 Å². The van der Waals surface area contributed by atoms with E-state index in [-0.39, 0.29) is 5.41 Å². The molecule has 0 aliphatic rings. The van der Waals surface area contributed by atoms with Crippen LogP contribution in [0.25, 0.3) is 0 Å². The van der Waals surface area contributed by atoms with Crippen molar-refractivity contribution in [3.63, 3.8) is 0 Å². The lowest BCUT2D eigenvalue weighted by Crippen LogP contribution is -2.13. The Labute approximate surface area is 78.2 Å². The second-order valence-electron chi connectivity index (χ2n) is 4.02. The number of ether oxygens (including phenoxy) is 1. The normalized spacial score (nSPS) is 11.7. The van der Waals surface area contributed by atoms with Gasteiger partial charge in [0.25, 0.3) is 5.88 Å². The lowest BCUT2D eigenvalue weighted by Gasteiger charge is -2.14. The van der Waals surface area contributed by atoms with E-state index in [0.717, 1.165) is 12.1 Å². The van der Waals surface area contributed by atoms with E-state index in [1.165, 1.54) is 0 Å². The number of rotatable bonds is 3. The lowest BCUT2D eigenvalue weighted by atomic mass is 9.93. The second-order valence-corrected chi connectivity index (χ2v) is 4.02. The summed E-state index contributed by atoms with van der Waals surface area (Å²) >= 11 is 0. The van der Waals surface area contributed by atoms with Crippen LogP contribution in [0.15, 0.2) is 4.63 Å². The molecule has 0 radical (unpaired) electrons. The lowest BCUT2D eigenvalue weighted by molar-refractivity contribution is 0.255. The molecule has 13 heavy (non-hydrogen) atoms. The molecule has 4 heteroatoms. The van der Waals surface area contributed by atoms with Gasteiger partial charge in [-0.2, -0.15) is 0 Å². The molecule has 0 saturated carbocycles. The van der Waals surface area contributed by atoms with Gasteiger partial charge in [-0.3, -0.25) is 0 Å². The van der Waals surface area contributed by atoms with Gasteiger partial charge in [0.1, 0.15) is 0 Å². The van der Waals surface area contributed by atoms with Crippen molar-refractivity contribution >= 4 is 0 Å². The van der Waals surface area contributed by atoms with Crippen LogP contribution in [0.5, 0.6) is 5.88 Å². The molecule has 0 amide bonds. The maximum atomic E-state index is 5.39. The van der Waals surface area contributed by atoms with Crippen LogP contribution in [0, 0.1) is 0 Å². The third kappa shape index (κ3) is 2.44. The Morgan fingerprint density at radius 2 is 2.00 bits per heavy atom. The second kappa shape index (κ2) is 3.77. The third-order valence-corrected chi connectivity index (χ3v) is 1.61. The molecule has 1 heterocycles. The topological polar surface area (TPSA) is 48.2 Å². The average Bonchev–Trinajstić information content (AvgIpc) is 2.47. The summed E-state index contributed by atoms with van der Waals surface area (Å²) in [4.78, 5) is 0. The maximum Gasteiger partial charge on any atom is 0.279 e. The van der Waals surface area contributed by atoms with E-state index in [9.17, 15) is 0 Å². The minimum Gasteiger partial charge on any atom is -0.474 e. The van der Waals surface area contributed by atoms with Crippen LogP contribution in [0.2, 0.25) is 0 Å². The largest absolute Gasteiger partial charge is 0.474 e. The Balaban J connectivity index is 2.77. The van der Waals surface area contributed by atoms with E-state index in [0.29, 0.717) is 12.5 Å². The summed E-state index contributed by atoms with van der Waals surface area (Å²) in [6.07, 6.45) is 0.955. The van der Waals surface area contributed by atoms with Crippen LogP contribution >= 0.6 is 0 Å². The molecule has 0 aliphatic heterocycles. The first-order valence-electron chi connectivity index (χ1n) is 4.51. The van der Waals surface area contributed by atoms with Crippen molar-refractivity contribution < 1.29 is 9.37 Å². The van der Waals surface area contributed by atoms with E-state index in [1.54, 1.807) is 0 Å². The van der Waals surface area contributed by atoms with Gasteiger partial charge in [0, 0.05) is 5.41 Å². The first-order chi connectivity index (χ1) is 6.05. The molecule has 0 bridgehead atoms. The highest BCUT2D eigenvalue weighted by atomic mass is 16.6. The number of hydrogen-bond donors (Lipinski definition) is 0. The summed E-state index contributed by atoms with van der Waals surface area (Å²) < 4.78 is 10.0. The average molecular weight is 184 g/mol. The van der Waals surface area contributed by atoms with Gasteiger partial charge in [0.2, 0.25) is 0 Å². The molecular weight excluding hydrogens is 168 g/mol. The van der Waals surface area contributed by atoms with E-state index in [1.807, 2.05) is 27.7 Å². The highest BCUT2D eigenvalue weighted by Gasteiger charge is 2.24. The summed E-state index contributed by atoms with van der Waals surface area (Å²) in [7, 11) is 0. The highest BCUT2D eigenvalue weighted by molar-refractivity contribution is 5.22. The standard InChI is InChI=1S/C9H16N2O2/c1-5-6-12-8-7(9(2,3)4)10-13-11-8/h5-6H2,1-4H3. The smallest absolute Gasteiger partial charge is 0.279 e. The summed E-state index contributed by atoms with van der Waals surface area (Å²) in [5.41, 5.74) is 0.698. The van der Waals surface area contributed by atoms with Gasteiger partial charge >= 0.3 is 0 Å². The van der Waals surface area contributed by atoms with Gasteiger partial charge in [-0.25, -0.2) is 4.63 Å². The Hall–Kier alpha value is -1.06. The number of nitrogens with zero attached hydrogens (tertiary/aromatic N) is 2. The first kappa shape index (κ1) is 10.0. The predicted molar refractivity (Wildman–Crippen MR) is 48.8 cm³/mol. The maximum absolute atomic E-state index is 5.39. The quantitative estimate of drug-likeness (QED) is 0.722. The van der Waals surface area contributed by atoms with Crippen LogP contribution in [0.3, 0.4) is 0 Å². The SMILES string of the molecule is CCCOc1nonc1C(C)(C)C. The van der Waals surface area contributed by atoms with E-state index < -0.39 is 0 Å². The Morgan fingerprint density at radius 1 is 1.31 bits per heavy atom. The molecule has 0 aromatic carbocycles. The highest BCUT2D eigenvalue weighted by Crippen LogP contribution is 2.27. The monoisotopic (exact) mass is 184 g/mol. The van der Waals surface area contributed by atoms with Gasteiger partial charge < -0.3 is 4.74 Å². The Bertz CT molecular complexity index is 263. The Morgan fingerprint density at radius 3 is 2.54 bits per heavy atom. The van der Waals surface area contributed by atoms with Crippen LogP contribution < -0.4 is 4.74 Å². The molecule has 0 unspecified atom stereocenters. The summed E-state index contributed by atoms with van der Waals surface area (Å²) in [5.74, 6) is 0.523. The number of hydrogen-bond acceptors (Lipinski definition) is 4. The zero-order chi connectivity index (χ0) is 9.90. The third-order valence-electron chi connectivity index (χ3n) is 1.61. The molecule has 4 nitrogen and oxygen atoms in total. The van der Waals surface area contributed by atoms with Crippen LogP contribution in [-0.4, -0.2) is 16.9 Å². The molecule has 0 spiro atoms. The zero-order valence-electron chi connectivity index (χ0n) is 8.63. The Kier molecular flexibility index (Phi) is 2.90. The fourth-order valence-corrected chi connectivity index (χ4v) is 0.932. The predicted octanol–water partition coefficient (Wildman–Crippen LogP) is 2.16. The van der Waals surface area contributed by atoms with Crippen LogP contribution in [-0.2, 0) is 5.41 Å². The van der Waals surface area contributed by atoms with Crippen molar-refractivity contribution in [1.29, 1.82) is 0 Å². The molecule has 0 N–H and O–H groups in total. The van der Waals surface area contributed by atoms with Gasteiger partial charge in [-0.05, 0) is 11.6 Å². The molecule has 0 saturated heterocycles. The van der Waals surface area contributed by atoms with Crippen molar-refractivity contribution in [2.75, 3.05) is 6.61 Å². The van der Waals surface area contributed by atoms with Gasteiger partial charge in [0.05, 0.1) is 6.61 Å². The number of aromatic nitrogens is 2. The molecular formula is C9H16N2O2. The van der Waals surface area contributed by atoms with Gasteiger partial charge in [-0.1, -0.05) is 32.9 Å². The fraction of sp³-hybridized carbons (Fsp3) is 0.778.